The van der Waals surface area contributed by atoms with Crippen molar-refractivity contribution in [3.05, 3.63) is 65.1 Å². The number of carbonyl (C=O) groups is 1. The minimum Gasteiger partial charge on any atom is -0.476 e. The number of carboxylic acid groups (broad SMARTS) is 1. The number of hydrogen-bond acceptors (Lipinski definition) is 12. The first-order valence-corrected chi connectivity index (χ1v) is 22.4. The van der Waals surface area contributed by atoms with Crippen LogP contribution in [0.3, 0.4) is 0 Å². The van der Waals surface area contributed by atoms with Crippen molar-refractivity contribution in [2.45, 2.75) is 92.0 Å². The lowest BCUT2D eigenvalue weighted by Gasteiger charge is -2.58. The quantitative estimate of drug-likeness (QED) is 0.0986. The summed E-state index contributed by atoms with van der Waals surface area (Å²) < 4.78 is 9.52. The lowest BCUT2D eigenvalue weighted by atomic mass is 9.48. The molecule has 5 aromatic rings. The number of rotatable bonds is 13. The van der Waals surface area contributed by atoms with E-state index in [4.69, 9.17) is 19.8 Å². The third-order valence-corrected chi connectivity index (χ3v) is 14.7. The van der Waals surface area contributed by atoms with Crippen LogP contribution in [0.4, 0.5) is 22.6 Å². The number of anilines is 4. The lowest BCUT2D eigenvalue weighted by Crippen LogP contribution is -2.49. The van der Waals surface area contributed by atoms with Gasteiger partial charge in [0.15, 0.2) is 22.5 Å². The normalized spacial score (nSPS) is 24.6. The number of aromatic nitrogens is 6. The Labute approximate surface area is 351 Å². The molecule has 14 heteroatoms. The second kappa shape index (κ2) is 16.2. The van der Waals surface area contributed by atoms with Gasteiger partial charge in [0.25, 0.3) is 0 Å². The first-order valence-electron chi connectivity index (χ1n) is 21.5. The molecule has 2 aliphatic carbocycles. The predicted octanol–water partition coefficient (Wildman–Crippen LogP) is 8.17. The largest absolute Gasteiger partial charge is 0.476 e. The highest BCUT2D eigenvalue weighted by Crippen LogP contribution is 2.62. The van der Waals surface area contributed by atoms with Crippen molar-refractivity contribution < 1.29 is 14.6 Å². The molecule has 9 rings (SSSR count). The zero-order valence-corrected chi connectivity index (χ0v) is 35.8. The molecule has 3 N–H and O–H groups in total. The monoisotopic (exact) mass is 818 g/mol. The van der Waals surface area contributed by atoms with Crippen LogP contribution in [0.15, 0.2) is 42.6 Å². The highest BCUT2D eigenvalue weighted by Gasteiger charge is 2.53. The molecule has 6 heterocycles. The van der Waals surface area contributed by atoms with Crippen molar-refractivity contribution in [2.75, 3.05) is 62.7 Å². The Morgan fingerprint density at radius 3 is 2.64 bits per heavy atom. The average Bonchev–Trinajstić information content (AvgIpc) is 3.79. The van der Waals surface area contributed by atoms with Crippen LogP contribution < -0.4 is 15.5 Å². The highest BCUT2D eigenvalue weighted by atomic mass is 32.1. The van der Waals surface area contributed by atoms with Crippen molar-refractivity contribution in [3.8, 4) is 11.1 Å². The Kier molecular flexibility index (Phi) is 10.9. The molecule has 4 aliphatic rings. The molecule has 0 unspecified atom stereocenters. The number of ether oxygens (including phenoxy) is 1. The topological polar surface area (TPSA) is 146 Å². The molecule has 3 atom stereocenters. The summed E-state index contributed by atoms with van der Waals surface area (Å²) in [6.07, 6.45) is 11.9. The summed E-state index contributed by atoms with van der Waals surface area (Å²) in [5.41, 5.74) is 6.05. The molecule has 0 amide bonds. The Morgan fingerprint density at radius 1 is 0.966 bits per heavy atom. The highest BCUT2D eigenvalue weighted by molar-refractivity contribution is 7.22. The molecule has 3 fully saturated rings. The molecular weight excluding hydrogens is 761 g/mol. The number of piperazine rings is 1. The van der Waals surface area contributed by atoms with Gasteiger partial charge in [0.2, 0.25) is 0 Å². The van der Waals surface area contributed by atoms with Crippen LogP contribution in [0, 0.1) is 30.1 Å². The van der Waals surface area contributed by atoms with Crippen LogP contribution >= 0.6 is 11.3 Å². The van der Waals surface area contributed by atoms with Crippen LogP contribution in [0.2, 0.25) is 0 Å². The molecular formula is C45H58N10O3S. The summed E-state index contributed by atoms with van der Waals surface area (Å²) in [6, 6.07) is 11.9. The second-order valence-corrected chi connectivity index (χ2v) is 19.5. The van der Waals surface area contributed by atoms with Gasteiger partial charge < -0.3 is 25.4 Å². The maximum Gasteiger partial charge on any atom is 0.355 e. The van der Waals surface area contributed by atoms with Gasteiger partial charge in [-0.3, -0.25) is 9.58 Å². The van der Waals surface area contributed by atoms with Crippen molar-refractivity contribution in [3.63, 3.8) is 0 Å². The molecule has 13 nitrogen and oxygen atoms in total. The minimum atomic E-state index is -1.07. The van der Waals surface area contributed by atoms with Crippen LogP contribution in [0.5, 0.6) is 0 Å². The summed E-state index contributed by atoms with van der Waals surface area (Å²) in [6.45, 7) is 17.6. The number of para-hydroxylation sites is 1. The predicted molar refractivity (Wildman–Crippen MR) is 233 cm³/mol. The van der Waals surface area contributed by atoms with Crippen molar-refractivity contribution in [1.29, 1.82) is 0 Å². The average molecular weight is 819 g/mol. The van der Waals surface area contributed by atoms with E-state index >= 15 is 0 Å². The fourth-order valence-electron chi connectivity index (χ4n) is 11.3. The van der Waals surface area contributed by atoms with Gasteiger partial charge >= 0.3 is 5.97 Å². The number of nitrogens with one attached hydrogen (secondary N) is 2. The van der Waals surface area contributed by atoms with E-state index in [9.17, 15) is 9.90 Å². The third kappa shape index (κ3) is 8.21. The van der Waals surface area contributed by atoms with Gasteiger partial charge in [0.1, 0.15) is 5.82 Å². The van der Waals surface area contributed by atoms with Gasteiger partial charge in [0, 0.05) is 80.4 Å². The Balaban J connectivity index is 0.918. The maximum atomic E-state index is 12.9. The van der Waals surface area contributed by atoms with Crippen LogP contribution in [-0.4, -0.2) is 98.4 Å². The van der Waals surface area contributed by atoms with Gasteiger partial charge in [-0.1, -0.05) is 43.7 Å². The van der Waals surface area contributed by atoms with Crippen LogP contribution in [0.1, 0.15) is 92.5 Å². The van der Waals surface area contributed by atoms with Gasteiger partial charge in [-0.25, -0.2) is 14.8 Å². The summed E-state index contributed by atoms with van der Waals surface area (Å²) in [5.74, 6) is 0.869. The van der Waals surface area contributed by atoms with E-state index < -0.39 is 5.97 Å². The van der Waals surface area contributed by atoms with Gasteiger partial charge in [-0.05, 0) is 106 Å². The molecule has 2 bridgehead atoms. The number of carboxylic acids is 1. The van der Waals surface area contributed by atoms with Gasteiger partial charge in [0.05, 0.1) is 23.0 Å². The van der Waals surface area contributed by atoms with Crippen LogP contribution in [-0.2, 0) is 17.7 Å². The van der Waals surface area contributed by atoms with E-state index in [-0.39, 0.29) is 16.5 Å². The van der Waals surface area contributed by atoms with Crippen molar-refractivity contribution in [2.24, 2.45) is 16.2 Å². The Bertz CT molecular complexity index is 2310. The Hall–Kier alpha value is -4.50. The first kappa shape index (κ1) is 39.9. The molecule has 4 aromatic heterocycles. The summed E-state index contributed by atoms with van der Waals surface area (Å²) in [4.78, 5) is 27.0. The SMILES string of the molecule is Cc1c(Nc2nc3ccccc3s2)nnc2c1CCCN2c1ccc(-c2cnn(C[C@]34CCC[C@](C)(C[C@](C)(CCOCCN5CCNCC5)C3)C4)c2C)c(C(=O)O)n1. The maximum absolute atomic E-state index is 12.9. The smallest absolute Gasteiger partial charge is 0.355 e. The number of benzene rings is 1. The number of hydrogen-bond donors (Lipinski definition) is 3. The molecule has 0 spiro atoms. The number of pyridine rings is 1. The third-order valence-electron chi connectivity index (χ3n) is 13.7. The number of nitrogens with zero attached hydrogens (tertiary/aromatic N) is 8. The Morgan fingerprint density at radius 2 is 1.81 bits per heavy atom. The zero-order valence-electron chi connectivity index (χ0n) is 35.0. The van der Waals surface area contributed by atoms with Crippen LogP contribution in [0.25, 0.3) is 21.3 Å². The minimum absolute atomic E-state index is 0.0154. The van der Waals surface area contributed by atoms with E-state index in [0.29, 0.717) is 35.0 Å². The molecule has 1 aromatic carbocycles. The molecule has 312 valence electrons. The van der Waals surface area contributed by atoms with E-state index in [1.54, 1.807) is 11.3 Å². The molecule has 2 aliphatic heterocycles. The first-order chi connectivity index (χ1) is 28.5. The lowest BCUT2D eigenvalue weighted by molar-refractivity contribution is -0.0815. The molecule has 1 saturated heterocycles. The molecule has 0 radical (unpaired) electrons. The molecule has 2 saturated carbocycles. The fourth-order valence-corrected chi connectivity index (χ4v) is 12.2. The fraction of sp³-hybridized carbons (Fsp3) is 0.556. The summed E-state index contributed by atoms with van der Waals surface area (Å²) in [7, 11) is 0. The van der Waals surface area contributed by atoms with Crippen molar-refractivity contribution in [1.82, 2.24) is 40.2 Å². The number of fused-ring (bicyclic) bond motifs is 4. The van der Waals surface area contributed by atoms with E-state index in [2.05, 4.69) is 64.2 Å². The van der Waals surface area contributed by atoms with E-state index in [1.165, 1.54) is 32.1 Å². The van der Waals surface area contributed by atoms with Gasteiger partial charge in [-0.15, -0.1) is 10.2 Å². The zero-order chi connectivity index (χ0) is 40.8. The second-order valence-electron chi connectivity index (χ2n) is 18.5. The van der Waals surface area contributed by atoms with E-state index in [0.717, 1.165) is 116 Å². The van der Waals surface area contributed by atoms with Gasteiger partial charge in [-0.2, -0.15) is 5.10 Å². The number of thiazole rings is 1. The van der Waals surface area contributed by atoms with Crippen molar-refractivity contribution >= 4 is 50.1 Å². The van der Waals surface area contributed by atoms with E-state index in [1.807, 2.05) is 41.4 Å². The summed E-state index contributed by atoms with van der Waals surface area (Å²) in [5, 5.41) is 32.4. The molecule has 59 heavy (non-hydrogen) atoms. The summed E-state index contributed by atoms with van der Waals surface area (Å²) >= 11 is 1.58. The number of aromatic carboxylic acids is 1. The standard InChI is InChI=1S/C45H58N10O3S/c1-30-32-9-7-19-54(40(32)52-51-39(30)50-42-48-35-10-5-6-11-36(35)59-42)37-13-12-33(38(49-37)41(56)57)34-25-47-55(31(34)2)29-45-15-8-14-43(3,27-45)26-44(4,28-45)16-23-58-24-22-53-20-17-46-18-21-53/h5-6,10-13,25,46H,7-9,14-24,26-29H2,1-4H3,(H,56,57)(H,48,50,51)/t43-,44+,45+/m1/s1.